The molecule has 0 aliphatic rings. The number of rotatable bonds is 21. The molecule has 0 atom stereocenters. The van der Waals surface area contributed by atoms with Crippen LogP contribution in [0, 0.1) is 0 Å². The van der Waals surface area contributed by atoms with Gasteiger partial charge >= 0.3 is 186 Å². The average molecular weight is 1310 g/mol. The van der Waals surface area contributed by atoms with E-state index in [1.165, 1.54) is 135 Å². The van der Waals surface area contributed by atoms with E-state index < -0.39 is 100 Å². The molecular formula is C24H52Mo6NO24-11. The molecule has 344 valence electrons. The Morgan fingerprint density at radius 2 is 0.364 bits per heavy atom. The van der Waals surface area contributed by atoms with Crippen molar-refractivity contribution in [2.75, 3.05) is 19.6 Å². The third kappa shape index (κ3) is 246. The van der Waals surface area contributed by atoms with Gasteiger partial charge in [-0.15, -0.1) is 0 Å². The Morgan fingerprint density at radius 1 is 0.255 bits per heavy atom. The minimum absolute atomic E-state index is 1.37. The molecule has 55 heavy (non-hydrogen) atoms. The third-order valence-electron chi connectivity index (χ3n) is 5.65. The van der Waals surface area contributed by atoms with Crippen molar-refractivity contribution in [1.82, 2.24) is 0 Å². The maximum atomic E-state index is 8.63. The van der Waals surface area contributed by atoms with Gasteiger partial charge in [-0.1, -0.05) is 97.8 Å². The van der Waals surface area contributed by atoms with Crippen LogP contribution in [0.3, 0.4) is 0 Å². The Bertz CT molecular complexity index is 1170. The summed E-state index contributed by atoms with van der Waals surface area (Å²) >= 11 is -36.1. The molecule has 0 heterocycles. The van der Waals surface area contributed by atoms with Crippen LogP contribution in [0.4, 0.5) is 0 Å². The first-order valence-corrected chi connectivity index (χ1v) is 35.8. The van der Waals surface area contributed by atoms with Gasteiger partial charge < -0.3 is 4.90 Å². The normalized spacial score (nSPS) is 11.6. The predicted octanol–water partition coefficient (Wildman–Crippen LogP) is -8.76. The zero-order chi connectivity index (χ0) is 45.4. The first-order valence-electron chi connectivity index (χ1n) is 16.2. The maximum absolute atomic E-state index is 8.63. The molecule has 0 rings (SSSR count). The molecule has 0 aliphatic heterocycles. The fraction of sp³-hybridized carbons (Fsp3) is 1.00. The van der Waals surface area contributed by atoms with Crippen LogP contribution in [0.25, 0.3) is 0 Å². The molecule has 0 aliphatic carbocycles. The van der Waals surface area contributed by atoms with E-state index in [0.29, 0.717) is 0 Å². The van der Waals surface area contributed by atoms with Crippen molar-refractivity contribution in [1.29, 1.82) is 0 Å². The summed E-state index contributed by atoms with van der Waals surface area (Å²) in [5.74, 6) is 0. The van der Waals surface area contributed by atoms with Gasteiger partial charge in [0.15, 0.2) is 0 Å². The van der Waals surface area contributed by atoms with Crippen LogP contribution < -0.4 is 50.0 Å². The number of hydrogen-bond acceptors (Lipinski definition) is 24. The molecule has 0 amide bonds. The molecule has 0 bridgehead atoms. The number of unbranched alkanes of at least 4 members (excludes halogenated alkanes) is 15. The van der Waals surface area contributed by atoms with Gasteiger partial charge in [0.1, 0.15) is 0 Å². The van der Waals surface area contributed by atoms with E-state index >= 15 is 0 Å². The Kier molecular flexibility index (Phi) is 55.7. The summed E-state index contributed by atoms with van der Waals surface area (Å²) in [6.07, 6.45) is 26.0. The number of hydrogen-bond donors (Lipinski definition) is 1. The fourth-order valence-corrected chi connectivity index (χ4v) is 3.84. The topological polar surface area (TPSA) is 486 Å². The summed E-state index contributed by atoms with van der Waals surface area (Å²) in [7, 11) is 0. The molecule has 0 saturated heterocycles. The van der Waals surface area contributed by atoms with Crippen LogP contribution in [-0.2, 0) is 141 Å². The summed E-state index contributed by atoms with van der Waals surface area (Å²) in [6.45, 7) is 11.3. The fourth-order valence-electron chi connectivity index (χ4n) is 3.84. The van der Waals surface area contributed by atoms with Crippen molar-refractivity contribution in [3.05, 3.63) is 0 Å². The molecule has 0 aromatic rings. The molecule has 25 nitrogen and oxygen atoms in total. The monoisotopic (exact) mass is 1330 g/mol. The van der Waals surface area contributed by atoms with Gasteiger partial charge in [-0.3, -0.25) is 0 Å². The predicted molar refractivity (Wildman–Crippen MR) is 124 cm³/mol. The Balaban J connectivity index is -0.000000123. The van der Waals surface area contributed by atoms with E-state index in [0.717, 1.165) is 0 Å². The summed E-state index contributed by atoms with van der Waals surface area (Å²) in [4.78, 5) is 1.92. The molecule has 0 aromatic carbocycles. The second-order valence-electron chi connectivity index (χ2n) is 10.8. The van der Waals surface area contributed by atoms with Gasteiger partial charge in [0.25, 0.3) is 0 Å². The van der Waals surface area contributed by atoms with Crippen molar-refractivity contribution in [3.8, 4) is 0 Å². The van der Waals surface area contributed by atoms with E-state index in [2.05, 4.69) is 20.8 Å². The quantitative estimate of drug-likeness (QED) is 0.0823. The first kappa shape index (κ1) is 70.8. The van der Waals surface area contributed by atoms with E-state index in [1.54, 1.807) is 0 Å². The van der Waals surface area contributed by atoms with E-state index in [4.69, 9.17) is 85.9 Å². The van der Waals surface area contributed by atoms with Crippen molar-refractivity contribution in [3.63, 3.8) is 0 Å². The average Bonchev–Trinajstić information content (AvgIpc) is 2.88. The SMILES string of the molecule is CCCCCCCC[NH+](CCCCCCCC)CCCCCCCC.[O]=[Mo](=[O])([O-])[O-].[O]=[Mo](=[O])([O-])[O-].[O]=[Mo](=[O])([O-])[O-].[O]=[Mo](=[O])([O-])[O-].[O]=[Mo](=[O])([O-])[O-].[O]=[Mo](=[O])([O-])[O-]. The molecule has 0 radical (unpaired) electrons. The number of quaternary nitrogens is 1. The summed E-state index contributed by atoms with van der Waals surface area (Å²) in [5, 5.41) is 0. The summed E-state index contributed by atoms with van der Waals surface area (Å²) in [6, 6.07) is 0. The third-order valence-corrected chi connectivity index (χ3v) is 5.65. The van der Waals surface area contributed by atoms with Gasteiger partial charge in [-0.05, 0) is 38.5 Å². The molecule has 31 heteroatoms. The summed E-state index contributed by atoms with van der Waals surface area (Å²) in [5.41, 5.74) is 0. The minimum atomic E-state index is -6.02. The van der Waals surface area contributed by atoms with E-state index in [-0.39, 0.29) is 0 Å². The zero-order valence-electron chi connectivity index (χ0n) is 30.6. The van der Waals surface area contributed by atoms with Crippen LogP contribution in [0.2, 0.25) is 0 Å². The Morgan fingerprint density at radius 3 is 0.491 bits per heavy atom. The Hall–Kier alpha value is 1.21. The van der Waals surface area contributed by atoms with Crippen LogP contribution in [0.15, 0.2) is 0 Å². The zero-order valence-corrected chi connectivity index (χ0v) is 42.6. The molecule has 0 aromatic heterocycles. The van der Waals surface area contributed by atoms with Crippen molar-refractivity contribution >= 4 is 0 Å². The molecule has 0 spiro atoms. The van der Waals surface area contributed by atoms with E-state index in [1.807, 2.05) is 4.90 Å². The molecule has 1 N–H and O–H groups in total. The van der Waals surface area contributed by atoms with Crippen molar-refractivity contribution in [2.45, 2.75) is 136 Å². The van der Waals surface area contributed by atoms with Crippen LogP contribution in [0.5, 0.6) is 0 Å². The van der Waals surface area contributed by atoms with Crippen LogP contribution in [-0.4, -0.2) is 19.6 Å². The number of nitrogens with one attached hydrogen (secondary N) is 1. The van der Waals surface area contributed by atoms with Crippen molar-refractivity contribution in [2.24, 2.45) is 0 Å². The van der Waals surface area contributed by atoms with Crippen molar-refractivity contribution < 1.29 is 191 Å². The van der Waals surface area contributed by atoms with Crippen LogP contribution in [0.1, 0.15) is 136 Å². The first-order chi connectivity index (χ1) is 24.3. The van der Waals surface area contributed by atoms with Gasteiger partial charge in [-0.2, -0.15) is 0 Å². The standard InChI is InChI=1S/C24H51N.6Mo.24O/c1-4-7-10-13-16-19-22-25(23-20-17-14-11-8-5-2)24-21-18-15-12-9-6-3;;;;;;;;;;;;;;;;;;;;;;;;;;;;;;/h4-24H2,1-3H3;;;;;;;;;;;;;;;;;;;;;;;;;;;;;;/q;;;;;;;;;;;;;;;;;;;12*-1/p+1. The molecular weight excluding hydrogens is 1260 g/mol. The van der Waals surface area contributed by atoms with Gasteiger partial charge in [0.2, 0.25) is 0 Å². The molecule has 0 unspecified atom stereocenters. The second kappa shape index (κ2) is 43.3. The van der Waals surface area contributed by atoms with Gasteiger partial charge in [-0.25, -0.2) is 0 Å². The molecule has 0 saturated carbocycles. The van der Waals surface area contributed by atoms with Crippen LogP contribution >= 0.6 is 0 Å². The summed E-state index contributed by atoms with van der Waals surface area (Å²) < 4.78 is 207. The van der Waals surface area contributed by atoms with E-state index in [9.17, 15) is 0 Å². The molecule has 0 fully saturated rings. The van der Waals surface area contributed by atoms with Gasteiger partial charge in [0, 0.05) is 0 Å². The Labute approximate surface area is 343 Å². The van der Waals surface area contributed by atoms with Gasteiger partial charge in [0.05, 0.1) is 19.6 Å². The second-order valence-corrected chi connectivity index (χ2v) is 22.8.